The van der Waals surface area contributed by atoms with Gasteiger partial charge in [-0.3, -0.25) is 4.79 Å². The van der Waals surface area contributed by atoms with Crippen LogP contribution in [0.15, 0.2) is 28.7 Å². The molecular weight excluding hydrogens is 304 g/mol. The van der Waals surface area contributed by atoms with Crippen LogP contribution in [0, 0.1) is 5.92 Å². The number of halogens is 1. The molecule has 0 aliphatic rings. The molecule has 0 saturated heterocycles. The minimum atomic E-state index is -0.181. The number of hydrogen-bond acceptors (Lipinski definition) is 2. The summed E-state index contributed by atoms with van der Waals surface area (Å²) in [6, 6.07) is 7.84. The van der Waals surface area contributed by atoms with Crippen LogP contribution in [0.3, 0.4) is 0 Å². The summed E-state index contributed by atoms with van der Waals surface area (Å²) in [6.45, 7) is 7.63. The quantitative estimate of drug-likeness (QED) is 0.808. The minimum absolute atomic E-state index is 0.0627. The van der Waals surface area contributed by atoms with Crippen molar-refractivity contribution < 1.29 is 4.79 Å². The molecule has 0 radical (unpaired) electrons. The number of carbonyl (C=O) groups excluding carboxylic acids is 1. The minimum Gasteiger partial charge on any atom is -0.355 e. The summed E-state index contributed by atoms with van der Waals surface area (Å²) in [5.41, 5.74) is 1.16. The van der Waals surface area contributed by atoms with E-state index in [0.29, 0.717) is 12.5 Å². The lowest BCUT2D eigenvalue weighted by Crippen LogP contribution is -2.42. The average molecular weight is 327 g/mol. The molecule has 3 nitrogen and oxygen atoms in total. The van der Waals surface area contributed by atoms with Crippen LogP contribution in [-0.4, -0.2) is 18.5 Å². The third-order valence-electron chi connectivity index (χ3n) is 2.97. The Labute approximate surface area is 124 Å². The Hall–Kier alpha value is -0.870. The third kappa shape index (κ3) is 6.21. The molecule has 0 spiro atoms. The molecule has 0 bridgehead atoms. The first-order chi connectivity index (χ1) is 9.00. The monoisotopic (exact) mass is 326 g/mol. The van der Waals surface area contributed by atoms with E-state index in [2.05, 4.69) is 40.4 Å². The van der Waals surface area contributed by atoms with Crippen molar-refractivity contribution in [1.29, 1.82) is 0 Å². The zero-order valence-electron chi connectivity index (χ0n) is 11.9. The molecule has 0 aromatic heterocycles. The van der Waals surface area contributed by atoms with Gasteiger partial charge in [0.25, 0.3) is 0 Å². The Morgan fingerprint density at radius 2 is 1.95 bits per heavy atom. The van der Waals surface area contributed by atoms with Gasteiger partial charge < -0.3 is 10.6 Å². The molecule has 0 fully saturated rings. The lowest BCUT2D eigenvalue weighted by Gasteiger charge is -2.15. The highest BCUT2D eigenvalue weighted by Crippen LogP contribution is 2.15. The van der Waals surface area contributed by atoms with Crippen LogP contribution >= 0.6 is 15.9 Å². The molecule has 0 saturated carbocycles. The van der Waals surface area contributed by atoms with Crippen LogP contribution in [0.4, 0.5) is 0 Å². The van der Waals surface area contributed by atoms with Gasteiger partial charge in [-0.2, -0.15) is 0 Å². The molecule has 1 amide bonds. The van der Waals surface area contributed by atoms with E-state index in [4.69, 9.17) is 0 Å². The fourth-order valence-corrected chi connectivity index (χ4v) is 2.06. The molecule has 2 N–H and O–H groups in total. The zero-order valence-corrected chi connectivity index (χ0v) is 13.5. The number of benzene rings is 1. The largest absolute Gasteiger partial charge is 0.355 e. The van der Waals surface area contributed by atoms with Crippen LogP contribution in [0.25, 0.3) is 0 Å². The Morgan fingerprint density at radius 1 is 1.26 bits per heavy atom. The van der Waals surface area contributed by atoms with E-state index in [9.17, 15) is 4.79 Å². The molecule has 1 aromatic rings. The van der Waals surface area contributed by atoms with Crippen molar-refractivity contribution in [3.05, 3.63) is 34.3 Å². The maximum absolute atomic E-state index is 11.8. The fraction of sp³-hybridized carbons (Fsp3) is 0.533. The molecular formula is C15H23BrN2O. The molecule has 1 aromatic carbocycles. The molecule has 1 unspecified atom stereocenters. The van der Waals surface area contributed by atoms with E-state index in [0.717, 1.165) is 23.0 Å². The van der Waals surface area contributed by atoms with Crippen LogP contribution in [0.5, 0.6) is 0 Å². The molecule has 0 aliphatic heterocycles. The van der Waals surface area contributed by atoms with Gasteiger partial charge in [-0.15, -0.1) is 0 Å². The van der Waals surface area contributed by atoms with Crippen LogP contribution < -0.4 is 10.6 Å². The standard InChI is InChI=1S/C15H23BrN2O/c1-11(2)8-9-17-15(19)12(3)18-10-13-6-4-5-7-14(13)16/h4-7,11-12,18H,8-10H2,1-3H3,(H,17,19). The maximum Gasteiger partial charge on any atom is 0.236 e. The average Bonchev–Trinajstić information content (AvgIpc) is 2.36. The molecule has 0 heterocycles. The highest BCUT2D eigenvalue weighted by molar-refractivity contribution is 9.10. The second kappa shape index (κ2) is 8.33. The topological polar surface area (TPSA) is 41.1 Å². The van der Waals surface area contributed by atoms with Crippen molar-refractivity contribution in [3.8, 4) is 0 Å². The summed E-state index contributed by atoms with van der Waals surface area (Å²) in [4.78, 5) is 11.8. The van der Waals surface area contributed by atoms with Gasteiger partial charge in [0.1, 0.15) is 0 Å². The van der Waals surface area contributed by atoms with Crippen LogP contribution in [0.2, 0.25) is 0 Å². The second-order valence-corrected chi connectivity index (χ2v) is 6.02. The molecule has 0 aliphatic carbocycles. The van der Waals surface area contributed by atoms with E-state index in [-0.39, 0.29) is 11.9 Å². The van der Waals surface area contributed by atoms with Crippen molar-refractivity contribution >= 4 is 21.8 Å². The summed E-state index contributed by atoms with van der Waals surface area (Å²) >= 11 is 3.50. The van der Waals surface area contributed by atoms with Crippen LogP contribution in [-0.2, 0) is 11.3 Å². The maximum atomic E-state index is 11.8. The van der Waals surface area contributed by atoms with Crippen molar-refractivity contribution in [2.24, 2.45) is 5.92 Å². The number of amides is 1. The fourth-order valence-electron chi connectivity index (χ4n) is 1.63. The SMILES string of the molecule is CC(C)CCNC(=O)C(C)NCc1ccccc1Br. The summed E-state index contributed by atoms with van der Waals surface area (Å²) in [6.07, 6.45) is 1.02. The lowest BCUT2D eigenvalue weighted by atomic mass is 10.1. The summed E-state index contributed by atoms with van der Waals surface area (Å²) in [5.74, 6) is 0.677. The van der Waals surface area contributed by atoms with E-state index < -0.39 is 0 Å². The van der Waals surface area contributed by atoms with E-state index in [1.165, 1.54) is 0 Å². The van der Waals surface area contributed by atoms with Gasteiger partial charge in [-0.25, -0.2) is 0 Å². The van der Waals surface area contributed by atoms with E-state index in [1.807, 2.05) is 31.2 Å². The molecule has 1 atom stereocenters. The first-order valence-corrected chi connectivity index (χ1v) is 7.54. The van der Waals surface area contributed by atoms with Gasteiger partial charge in [0.05, 0.1) is 6.04 Å². The van der Waals surface area contributed by atoms with Gasteiger partial charge in [0.15, 0.2) is 0 Å². The highest BCUT2D eigenvalue weighted by atomic mass is 79.9. The van der Waals surface area contributed by atoms with E-state index >= 15 is 0 Å². The Morgan fingerprint density at radius 3 is 2.58 bits per heavy atom. The van der Waals surface area contributed by atoms with Crippen LogP contribution in [0.1, 0.15) is 32.8 Å². The van der Waals surface area contributed by atoms with Gasteiger partial charge in [-0.05, 0) is 30.9 Å². The Bertz CT molecular complexity index is 407. The van der Waals surface area contributed by atoms with Crippen molar-refractivity contribution in [1.82, 2.24) is 10.6 Å². The number of carbonyl (C=O) groups is 1. The zero-order chi connectivity index (χ0) is 14.3. The molecule has 4 heteroatoms. The predicted octanol–water partition coefficient (Wildman–Crippen LogP) is 3.09. The van der Waals surface area contributed by atoms with Crippen molar-refractivity contribution in [2.75, 3.05) is 6.54 Å². The lowest BCUT2D eigenvalue weighted by molar-refractivity contribution is -0.122. The molecule has 19 heavy (non-hydrogen) atoms. The van der Waals surface area contributed by atoms with Gasteiger partial charge in [0, 0.05) is 17.6 Å². The first kappa shape index (κ1) is 16.2. The predicted molar refractivity (Wildman–Crippen MR) is 82.9 cm³/mol. The highest BCUT2D eigenvalue weighted by Gasteiger charge is 2.12. The van der Waals surface area contributed by atoms with Crippen molar-refractivity contribution in [3.63, 3.8) is 0 Å². The van der Waals surface area contributed by atoms with Gasteiger partial charge >= 0.3 is 0 Å². The number of hydrogen-bond donors (Lipinski definition) is 2. The summed E-state index contributed by atoms with van der Waals surface area (Å²) in [7, 11) is 0. The van der Waals surface area contributed by atoms with Gasteiger partial charge in [0.2, 0.25) is 5.91 Å². The summed E-state index contributed by atoms with van der Waals surface area (Å²) < 4.78 is 1.06. The second-order valence-electron chi connectivity index (χ2n) is 5.17. The molecule has 1 rings (SSSR count). The Balaban J connectivity index is 2.32. The normalized spacial score (nSPS) is 12.5. The van der Waals surface area contributed by atoms with Crippen molar-refractivity contribution in [2.45, 2.75) is 39.8 Å². The molecule has 106 valence electrons. The Kier molecular flexibility index (Phi) is 7.10. The van der Waals surface area contributed by atoms with Gasteiger partial charge in [-0.1, -0.05) is 48.0 Å². The number of rotatable bonds is 7. The smallest absolute Gasteiger partial charge is 0.236 e. The summed E-state index contributed by atoms with van der Waals surface area (Å²) in [5, 5.41) is 6.19. The first-order valence-electron chi connectivity index (χ1n) is 6.75. The van der Waals surface area contributed by atoms with E-state index in [1.54, 1.807) is 0 Å². The third-order valence-corrected chi connectivity index (χ3v) is 3.74. The number of nitrogens with one attached hydrogen (secondary N) is 2.